The van der Waals surface area contributed by atoms with Gasteiger partial charge in [-0.05, 0) is 12.8 Å². The Balaban J connectivity index is 1.98. The van der Waals surface area contributed by atoms with Gasteiger partial charge in [0.25, 0.3) is 0 Å². The van der Waals surface area contributed by atoms with Crippen LogP contribution in [0.5, 0.6) is 0 Å². The van der Waals surface area contributed by atoms with E-state index < -0.39 is 6.10 Å². The highest BCUT2D eigenvalue weighted by Crippen LogP contribution is 2.24. The average molecular weight is 208 g/mol. The van der Waals surface area contributed by atoms with Crippen molar-refractivity contribution >= 4 is 5.91 Å². The molecule has 15 heavy (non-hydrogen) atoms. The van der Waals surface area contributed by atoms with Crippen molar-refractivity contribution in [2.24, 2.45) is 0 Å². The minimum absolute atomic E-state index is 0.0494. The molecule has 82 valence electrons. The molecule has 1 unspecified atom stereocenters. The third-order valence-electron chi connectivity index (χ3n) is 3.25. The first-order valence-electron chi connectivity index (χ1n) is 5.62. The molecule has 4 heteroatoms. The SMILES string of the molecule is N#CC1CN(C2CCCCC2)C(=O)CO1. The number of nitriles is 1. The molecule has 0 aromatic carbocycles. The van der Waals surface area contributed by atoms with Gasteiger partial charge < -0.3 is 9.64 Å². The summed E-state index contributed by atoms with van der Waals surface area (Å²) in [6.07, 6.45) is 5.42. The lowest BCUT2D eigenvalue weighted by atomic mass is 9.93. The summed E-state index contributed by atoms with van der Waals surface area (Å²) in [6.45, 7) is 0.536. The van der Waals surface area contributed by atoms with E-state index in [1.165, 1.54) is 19.3 Å². The highest BCUT2D eigenvalue weighted by atomic mass is 16.5. The second kappa shape index (κ2) is 4.63. The Kier molecular flexibility index (Phi) is 3.22. The molecule has 4 nitrogen and oxygen atoms in total. The van der Waals surface area contributed by atoms with Crippen molar-refractivity contribution < 1.29 is 9.53 Å². The van der Waals surface area contributed by atoms with E-state index in [0.717, 1.165) is 12.8 Å². The van der Waals surface area contributed by atoms with Crippen molar-refractivity contribution in [1.29, 1.82) is 5.26 Å². The molecule has 1 heterocycles. The molecule has 1 saturated carbocycles. The summed E-state index contributed by atoms with van der Waals surface area (Å²) >= 11 is 0. The van der Waals surface area contributed by atoms with Crippen molar-refractivity contribution in [2.45, 2.75) is 44.2 Å². The maximum Gasteiger partial charge on any atom is 0.249 e. The van der Waals surface area contributed by atoms with E-state index in [9.17, 15) is 4.79 Å². The molecule has 0 aromatic rings. The summed E-state index contributed by atoms with van der Waals surface area (Å²) < 4.78 is 5.11. The van der Waals surface area contributed by atoms with Gasteiger partial charge in [0.1, 0.15) is 6.61 Å². The zero-order chi connectivity index (χ0) is 10.7. The lowest BCUT2D eigenvalue weighted by molar-refractivity contribution is -0.149. The quantitative estimate of drug-likeness (QED) is 0.647. The monoisotopic (exact) mass is 208 g/mol. The smallest absolute Gasteiger partial charge is 0.249 e. The van der Waals surface area contributed by atoms with Gasteiger partial charge in [-0.3, -0.25) is 4.79 Å². The van der Waals surface area contributed by atoms with Gasteiger partial charge in [0.15, 0.2) is 6.10 Å². The van der Waals surface area contributed by atoms with E-state index in [4.69, 9.17) is 10.00 Å². The molecule has 1 saturated heterocycles. The maximum absolute atomic E-state index is 11.6. The van der Waals surface area contributed by atoms with Crippen molar-refractivity contribution in [3.63, 3.8) is 0 Å². The maximum atomic E-state index is 11.6. The van der Waals surface area contributed by atoms with Crippen molar-refractivity contribution in [3.05, 3.63) is 0 Å². The van der Waals surface area contributed by atoms with Crippen LogP contribution in [0, 0.1) is 11.3 Å². The fourth-order valence-corrected chi connectivity index (χ4v) is 2.41. The van der Waals surface area contributed by atoms with Gasteiger partial charge in [-0.2, -0.15) is 5.26 Å². The lowest BCUT2D eigenvalue weighted by Gasteiger charge is -2.38. The molecule has 0 N–H and O–H groups in total. The number of hydrogen-bond donors (Lipinski definition) is 0. The third-order valence-corrected chi connectivity index (χ3v) is 3.25. The van der Waals surface area contributed by atoms with E-state index in [-0.39, 0.29) is 12.5 Å². The number of morpholine rings is 1. The van der Waals surface area contributed by atoms with Crippen LogP contribution >= 0.6 is 0 Å². The highest BCUT2D eigenvalue weighted by molar-refractivity contribution is 5.78. The zero-order valence-electron chi connectivity index (χ0n) is 8.82. The lowest BCUT2D eigenvalue weighted by Crippen LogP contribution is -2.51. The molecule has 2 aliphatic rings. The Hall–Kier alpha value is -1.08. The van der Waals surface area contributed by atoms with Gasteiger partial charge in [0.2, 0.25) is 5.91 Å². The van der Waals surface area contributed by atoms with Gasteiger partial charge in [-0.1, -0.05) is 19.3 Å². The van der Waals surface area contributed by atoms with Crippen molar-refractivity contribution in [3.8, 4) is 6.07 Å². The third kappa shape index (κ3) is 2.29. The van der Waals surface area contributed by atoms with Gasteiger partial charge >= 0.3 is 0 Å². The van der Waals surface area contributed by atoms with Crippen LogP contribution in [0.15, 0.2) is 0 Å². The number of hydrogen-bond acceptors (Lipinski definition) is 3. The predicted molar refractivity (Wildman–Crippen MR) is 53.9 cm³/mol. The molecule has 1 atom stereocenters. The normalized spacial score (nSPS) is 28.9. The zero-order valence-corrected chi connectivity index (χ0v) is 8.82. The fourth-order valence-electron chi connectivity index (χ4n) is 2.41. The molecular weight excluding hydrogens is 192 g/mol. The predicted octanol–water partition coefficient (Wildman–Crippen LogP) is 1.07. The molecule has 0 bridgehead atoms. The van der Waals surface area contributed by atoms with E-state index in [0.29, 0.717) is 12.6 Å². The van der Waals surface area contributed by atoms with E-state index in [2.05, 4.69) is 6.07 Å². The van der Waals surface area contributed by atoms with Crippen molar-refractivity contribution in [1.82, 2.24) is 4.90 Å². The number of amides is 1. The number of carbonyl (C=O) groups is 1. The molecule has 0 spiro atoms. The Morgan fingerprint density at radius 1 is 1.33 bits per heavy atom. The van der Waals surface area contributed by atoms with Crippen molar-refractivity contribution in [2.75, 3.05) is 13.2 Å². The fraction of sp³-hybridized carbons (Fsp3) is 0.818. The van der Waals surface area contributed by atoms with Crippen LogP contribution in [0.3, 0.4) is 0 Å². The van der Waals surface area contributed by atoms with Gasteiger partial charge in [-0.25, -0.2) is 0 Å². The van der Waals surface area contributed by atoms with E-state index in [1.54, 1.807) is 0 Å². The van der Waals surface area contributed by atoms with E-state index >= 15 is 0 Å². The summed E-state index contributed by atoms with van der Waals surface area (Å²) in [5, 5.41) is 8.78. The summed E-state index contributed by atoms with van der Waals surface area (Å²) in [5.74, 6) is 0.0494. The van der Waals surface area contributed by atoms with E-state index in [1.807, 2.05) is 4.90 Å². The number of nitrogens with zero attached hydrogens (tertiary/aromatic N) is 2. The Morgan fingerprint density at radius 2 is 2.07 bits per heavy atom. The molecule has 0 radical (unpaired) electrons. The highest BCUT2D eigenvalue weighted by Gasteiger charge is 2.31. The average Bonchev–Trinajstić information content (AvgIpc) is 2.31. The molecular formula is C11H16N2O2. The summed E-state index contributed by atoms with van der Waals surface area (Å²) in [6, 6.07) is 2.43. The topological polar surface area (TPSA) is 53.3 Å². The van der Waals surface area contributed by atoms with Gasteiger partial charge in [-0.15, -0.1) is 0 Å². The van der Waals surface area contributed by atoms with Crippen LogP contribution in [-0.2, 0) is 9.53 Å². The second-order valence-electron chi connectivity index (χ2n) is 4.27. The standard InChI is InChI=1S/C11H16N2O2/c12-6-10-7-13(11(14)8-15-10)9-4-2-1-3-5-9/h9-10H,1-5,7-8H2. The first-order valence-corrected chi connectivity index (χ1v) is 5.62. The summed E-state index contributed by atoms with van der Waals surface area (Å²) in [4.78, 5) is 13.5. The number of ether oxygens (including phenoxy) is 1. The first-order chi connectivity index (χ1) is 7.31. The Labute approximate surface area is 89.8 Å². The van der Waals surface area contributed by atoms with Gasteiger partial charge in [0, 0.05) is 6.04 Å². The van der Waals surface area contributed by atoms with Crippen LogP contribution in [0.4, 0.5) is 0 Å². The summed E-state index contributed by atoms with van der Waals surface area (Å²) in [7, 11) is 0. The largest absolute Gasteiger partial charge is 0.352 e. The first kappa shape index (κ1) is 10.4. The molecule has 1 amide bonds. The number of carbonyl (C=O) groups excluding carboxylic acids is 1. The Morgan fingerprint density at radius 3 is 2.73 bits per heavy atom. The van der Waals surface area contributed by atoms with Crippen LogP contribution in [0.1, 0.15) is 32.1 Å². The molecule has 0 aromatic heterocycles. The minimum atomic E-state index is -0.426. The van der Waals surface area contributed by atoms with Crippen LogP contribution in [0.25, 0.3) is 0 Å². The van der Waals surface area contributed by atoms with Gasteiger partial charge in [0.05, 0.1) is 12.6 Å². The molecule has 1 aliphatic carbocycles. The number of rotatable bonds is 1. The summed E-state index contributed by atoms with van der Waals surface area (Å²) in [5.41, 5.74) is 0. The second-order valence-corrected chi connectivity index (χ2v) is 4.27. The van der Waals surface area contributed by atoms with Crippen LogP contribution in [-0.4, -0.2) is 36.1 Å². The van der Waals surface area contributed by atoms with Crippen LogP contribution in [0.2, 0.25) is 0 Å². The van der Waals surface area contributed by atoms with Crippen LogP contribution < -0.4 is 0 Å². The Bertz CT molecular complexity index is 279. The minimum Gasteiger partial charge on any atom is -0.352 e. The molecule has 2 fully saturated rings. The molecule has 2 rings (SSSR count). The molecule has 1 aliphatic heterocycles.